The molecule has 1 heterocycles. The Hall–Kier alpha value is -0.230. The van der Waals surface area contributed by atoms with Crippen molar-refractivity contribution in [3.63, 3.8) is 0 Å². The molecule has 15 heavy (non-hydrogen) atoms. The van der Waals surface area contributed by atoms with Crippen molar-refractivity contribution in [1.29, 1.82) is 0 Å². The van der Waals surface area contributed by atoms with Crippen LogP contribution in [0.3, 0.4) is 0 Å². The lowest BCUT2D eigenvalue weighted by Crippen LogP contribution is -2.14. The van der Waals surface area contributed by atoms with Crippen LogP contribution >= 0.6 is 22.6 Å². The van der Waals surface area contributed by atoms with Crippen LogP contribution in [0.4, 0.5) is 4.39 Å². The molecule has 0 radical (unpaired) electrons. The monoisotopic (exact) mass is 322 g/mol. The van der Waals surface area contributed by atoms with Gasteiger partial charge in [0, 0.05) is 4.43 Å². The van der Waals surface area contributed by atoms with Gasteiger partial charge in [-0.3, -0.25) is 4.98 Å². The van der Waals surface area contributed by atoms with Crippen molar-refractivity contribution < 1.29 is 4.39 Å². The predicted octanol–water partition coefficient (Wildman–Crippen LogP) is 2.65. The van der Waals surface area contributed by atoms with E-state index < -0.39 is 0 Å². The number of alkyl halides is 1. The summed E-state index contributed by atoms with van der Waals surface area (Å²) in [5.74, 6) is -0.178. The molecule has 84 valence electrons. The van der Waals surface area contributed by atoms with Gasteiger partial charge < -0.3 is 4.90 Å². The van der Waals surface area contributed by atoms with Crippen LogP contribution in [0.25, 0.3) is 0 Å². The largest absolute Gasteiger partial charge is 0.309 e. The Morgan fingerprint density at radius 2 is 2.13 bits per heavy atom. The van der Waals surface area contributed by atoms with E-state index in [1.54, 1.807) is 6.07 Å². The number of pyridine rings is 1. The fourth-order valence-corrected chi connectivity index (χ4v) is 1.77. The van der Waals surface area contributed by atoms with E-state index in [1.165, 1.54) is 6.07 Å². The SMILES string of the molecule is CN(C)CCCc1nc(CI)ccc1F. The molecule has 1 aromatic heterocycles. The first-order valence-electron chi connectivity index (χ1n) is 4.98. The predicted molar refractivity (Wildman–Crippen MR) is 68.8 cm³/mol. The zero-order valence-electron chi connectivity index (χ0n) is 9.13. The van der Waals surface area contributed by atoms with E-state index >= 15 is 0 Å². The fraction of sp³-hybridized carbons (Fsp3) is 0.545. The third kappa shape index (κ3) is 4.42. The second-order valence-corrected chi connectivity index (χ2v) is 4.53. The molecule has 0 fully saturated rings. The minimum absolute atomic E-state index is 0.178. The van der Waals surface area contributed by atoms with Crippen molar-refractivity contribution in [3.05, 3.63) is 29.3 Å². The fourth-order valence-electron chi connectivity index (χ4n) is 1.34. The van der Waals surface area contributed by atoms with Gasteiger partial charge in [-0.1, -0.05) is 22.6 Å². The lowest BCUT2D eigenvalue weighted by atomic mass is 10.2. The number of rotatable bonds is 5. The van der Waals surface area contributed by atoms with Crippen LogP contribution < -0.4 is 0 Å². The summed E-state index contributed by atoms with van der Waals surface area (Å²) >= 11 is 2.24. The molecular weight excluding hydrogens is 306 g/mol. The molecule has 1 rings (SSSR count). The maximum Gasteiger partial charge on any atom is 0.144 e. The normalized spacial score (nSPS) is 11.0. The zero-order chi connectivity index (χ0) is 11.3. The van der Waals surface area contributed by atoms with Gasteiger partial charge in [-0.05, 0) is 45.6 Å². The topological polar surface area (TPSA) is 16.1 Å². The summed E-state index contributed by atoms with van der Waals surface area (Å²) in [6.07, 6.45) is 1.66. The Labute approximate surface area is 104 Å². The van der Waals surface area contributed by atoms with Crippen LogP contribution in [0.1, 0.15) is 17.8 Å². The van der Waals surface area contributed by atoms with Crippen LogP contribution in [0.15, 0.2) is 12.1 Å². The van der Waals surface area contributed by atoms with Crippen LogP contribution in [0.5, 0.6) is 0 Å². The minimum Gasteiger partial charge on any atom is -0.309 e. The second-order valence-electron chi connectivity index (χ2n) is 3.77. The molecule has 0 bridgehead atoms. The highest BCUT2D eigenvalue weighted by Gasteiger charge is 2.05. The van der Waals surface area contributed by atoms with Crippen molar-refractivity contribution in [1.82, 2.24) is 9.88 Å². The van der Waals surface area contributed by atoms with Crippen LogP contribution in [0, 0.1) is 5.82 Å². The number of hydrogen-bond donors (Lipinski definition) is 0. The molecule has 0 N–H and O–H groups in total. The van der Waals surface area contributed by atoms with Crippen molar-refractivity contribution in [2.45, 2.75) is 17.3 Å². The van der Waals surface area contributed by atoms with E-state index in [1.807, 2.05) is 14.1 Å². The van der Waals surface area contributed by atoms with E-state index in [9.17, 15) is 4.39 Å². The van der Waals surface area contributed by atoms with Gasteiger partial charge in [0.15, 0.2) is 0 Å². The molecule has 0 spiro atoms. The summed E-state index contributed by atoms with van der Waals surface area (Å²) in [6, 6.07) is 3.27. The summed E-state index contributed by atoms with van der Waals surface area (Å²) in [4.78, 5) is 6.38. The van der Waals surface area contributed by atoms with Crippen molar-refractivity contribution in [3.8, 4) is 0 Å². The summed E-state index contributed by atoms with van der Waals surface area (Å²) in [5, 5.41) is 0. The minimum atomic E-state index is -0.178. The molecular formula is C11H16FIN2. The molecule has 0 atom stereocenters. The molecule has 4 heteroatoms. The van der Waals surface area contributed by atoms with Crippen LogP contribution in [-0.2, 0) is 10.8 Å². The maximum atomic E-state index is 13.4. The summed E-state index contributed by atoms with van der Waals surface area (Å²) in [5.41, 5.74) is 1.56. The van der Waals surface area contributed by atoms with Crippen molar-refractivity contribution in [2.75, 3.05) is 20.6 Å². The molecule has 0 unspecified atom stereocenters. The number of aryl methyl sites for hydroxylation is 1. The molecule has 0 aliphatic rings. The van der Waals surface area contributed by atoms with Gasteiger partial charge in [0.1, 0.15) is 5.82 Å². The van der Waals surface area contributed by atoms with Gasteiger partial charge in [0.2, 0.25) is 0 Å². The lowest BCUT2D eigenvalue weighted by molar-refractivity contribution is 0.397. The quantitative estimate of drug-likeness (QED) is 0.612. The van der Waals surface area contributed by atoms with Crippen LogP contribution in [-0.4, -0.2) is 30.5 Å². The Morgan fingerprint density at radius 3 is 2.73 bits per heavy atom. The van der Waals surface area contributed by atoms with Crippen molar-refractivity contribution in [2.24, 2.45) is 0 Å². The van der Waals surface area contributed by atoms with Crippen LogP contribution in [0.2, 0.25) is 0 Å². The highest BCUT2D eigenvalue weighted by molar-refractivity contribution is 14.1. The summed E-state index contributed by atoms with van der Waals surface area (Å²) in [7, 11) is 4.04. The molecule has 0 amide bonds. The molecule has 0 saturated carbocycles. The van der Waals surface area contributed by atoms with E-state index in [0.717, 1.165) is 23.1 Å². The van der Waals surface area contributed by atoms with E-state index in [2.05, 4.69) is 32.5 Å². The average molecular weight is 322 g/mol. The molecule has 1 aromatic rings. The molecule has 0 aromatic carbocycles. The second kappa shape index (κ2) is 6.37. The summed E-state index contributed by atoms with van der Waals surface area (Å²) in [6.45, 7) is 0.968. The molecule has 0 aliphatic carbocycles. The van der Waals surface area contributed by atoms with Gasteiger partial charge in [0.25, 0.3) is 0 Å². The average Bonchev–Trinajstić information content (AvgIpc) is 2.20. The highest BCUT2D eigenvalue weighted by atomic mass is 127. The molecule has 0 saturated heterocycles. The number of halogens is 2. The van der Waals surface area contributed by atoms with Gasteiger partial charge in [-0.2, -0.15) is 0 Å². The van der Waals surface area contributed by atoms with E-state index in [4.69, 9.17) is 0 Å². The first kappa shape index (κ1) is 12.8. The maximum absolute atomic E-state index is 13.4. The van der Waals surface area contributed by atoms with Gasteiger partial charge in [-0.25, -0.2) is 4.39 Å². The smallest absolute Gasteiger partial charge is 0.144 e. The van der Waals surface area contributed by atoms with Crippen molar-refractivity contribution >= 4 is 22.6 Å². The third-order valence-electron chi connectivity index (χ3n) is 2.13. The van der Waals surface area contributed by atoms with E-state index in [-0.39, 0.29) is 5.82 Å². The van der Waals surface area contributed by atoms with Gasteiger partial charge in [0.05, 0.1) is 11.4 Å². The zero-order valence-corrected chi connectivity index (χ0v) is 11.3. The Balaban J connectivity index is 2.59. The lowest BCUT2D eigenvalue weighted by Gasteiger charge is -2.09. The Kier molecular flexibility index (Phi) is 5.45. The first-order chi connectivity index (χ1) is 7.13. The van der Waals surface area contributed by atoms with Gasteiger partial charge >= 0.3 is 0 Å². The molecule has 0 aliphatic heterocycles. The highest BCUT2D eigenvalue weighted by Crippen LogP contribution is 2.10. The third-order valence-corrected chi connectivity index (χ3v) is 2.91. The Bertz CT molecular complexity index is 315. The number of aromatic nitrogens is 1. The number of nitrogens with zero attached hydrogens (tertiary/aromatic N) is 2. The first-order valence-corrected chi connectivity index (χ1v) is 6.51. The standard InChI is InChI=1S/C11H16FIN2/c1-15(2)7-3-4-11-10(12)6-5-9(8-13)14-11/h5-6H,3-4,7-8H2,1-2H3. The number of hydrogen-bond acceptors (Lipinski definition) is 2. The van der Waals surface area contributed by atoms with Gasteiger partial charge in [-0.15, -0.1) is 0 Å². The van der Waals surface area contributed by atoms with E-state index in [0.29, 0.717) is 12.1 Å². The summed E-state index contributed by atoms with van der Waals surface area (Å²) < 4.78 is 14.2. The molecule has 2 nitrogen and oxygen atoms in total. The Morgan fingerprint density at radius 1 is 1.40 bits per heavy atom.